The van der Waals surface area contributed by atoms with Crippen LogP contribution < -0.4 is 10.1 Å². The van der Waals surface area contributed by atoms with E-state index < -0.39 is 0 Å². The van der Waals surface area contributed by atoms with E-state index in [1.54, 1.807) is 18.4 Å². The molecule has 5 rings (SSSR count). The van der Waals surface area contributed by atoms with Gasteiger partial charge in [-0.2, -0.15) is 0 Å². The molecule has 0 aliphatic rings. The van der Waals surface area contributed by atoms with Gasteiger partial charge in [0.1, 0.15) is 12.1 Å². The highest BCUT2D eigenvalue weighted by molar-refractivity contribution is 7.13. The van der Waals surface area contributed by atoms with Gasteiger partial charge in [0, 0.05) is 12.2 Å². The second-order valence-corrected chi connectivity index (χ2v) is 7.97. The summed E-state index contributed by atoms with van der Waals surface area (Å²) >= 11 is 1.63. The number of methoxy groups -OCH3 is 1. The fourth-order valence-electron chi connectivity index (χ4n) is 3.43. The fraction of sp³-hybridized carbons (Fsp3) is 0.125. The first-order valence-electron chi connectivity index (χ1n) is 10.0. The van der Waals surface area contributed by atoms with Crippen LogP contribution in [0, 0.1) is 0 Å². The summed E-state index contributed by atoms with van der Waals surface area (Å²) in [6.07, 6.45) is 2.67. The molecule has 0 saturated heterocycles. The molecule has 6 nitrogen and oxygen atoms in total. The minimum absolute atomic E-state index is 0.701. The van der Waals surface area contributed by atoms with Gasteiger partial charge in [-0.25, -0.2) is 15.0 Å². The van der Waals surface area contributed by atoms with Gasteiger partial charge in [0.25, 0.3) is 0 Å². The van der Waals surface area contributed by atoms with E-state index in [2.05, 4.69) is 22.4 Å². The molecular weight excluding hydrogens is 406 g/mol. The van der Waals surface area contributed by atoms with Crippen LogP contribution in [0.5, 0.6) is 5.75 Å². The Kier molecular flexibility index (Phi) is 5.33. The van der Waals surface area contributed by atoms with E-state index >= 15 is 0 Å². The number of hydrogen-bond donors (Lipinski definition) is 1. The van der Waals surface area contributed by atoms with Crippen LogP contribution in [0.3, 0.4) is 0 Å². The van der Waals surface area contributed by atoms with E-state index in [9.17, 15) is 0 Å². The predicted molar refractivity (Wildman–Crippen MR) is 125 cm³/mol. The summed E-state index contributed by atoms with van der Waals surface area (Å²) in [7, 11) is 1.68. The average molecular weight is 428 g/mol. The zero-order valence-corrected chi connectivity index (χ0v) is 17.8. The Bertz CT molecular complexity index is 1280. The third kappa shape index (κ3) is 4.00. The van der Waals surface area contributed by atoms with Crippen molar-refractivity contribution in [3.63, 3.8) is 0 Å². The molecule has 2 aromatic carbocycles. The van der Waals surface area contributed by atoms with Crippen molar-refractivity contribution in [1.82, 2.24) is 19.5 Å². The van der Waals surface area contributed by atoms with Gasteiger partial charge < -0.3 is 10.1 Å². The lowest BCUT2D eigenvalue weighted by Gasteiger charge is -2.10. The van der Waals surface area contributed by atoms with Crippen LogP contribution in [0.2, 0.25) is 0 Å². The molecule has 0 radical (unpaired) electrons. The number of rotatable bonds is 7. The quantitative estimate of drug-likeness (QED) is 0.386. The molecule has 0 spiro atoms. The molecule has 1 N–H and O–H groups in total. The summed E-state index contributed by atoms with van der Waals surface area (Å²) in [6.45, 7) is 0.737. The third-order valence-corrected chi connectivity index (χ3v) is 5.90. The first-order chi connectivity index (χ1) is 15.3. The van der Waals surface area contributed by atoms with Crippen LogP contribution >= 0.6 is 11.3 Å². The van der Waals surface area contributed by atoms with E-state index in [0.717, 1.165) is 46.3 Å². The van der Waals surface area contributed by atoms with E-state index in [1.165, 1.54) is 5.56 Å². The molecule has 0 saturated carbocycles. The van der Waals surface area contributed by atoms with Gasteiger partial charge in [0.15, 0.2) is 22.8 Å². The molecule has 3 aromatic heterocycles. The molecule has 5 aromatic rings. The highest BCUT2D eigenvalue weighted by atomic mass is 32.1. The Morgan fingerprint density at radius 1 is 0.968 bits per heavy atom. The zero-order valence-electron chi connectivity index (χ0n) is 17.0. The van der Waals surface area contributed by atoms with Gasteiger partial charge in [0.05, 0.1) is 12.0 Å². The van der Waals surface area contributed by atoms with Gasteiger partial charge in [-0.05, 0) is 47.7 Å². The standard InChI is InChI=1S/C24H21N5OS/c1-30-19-11-9-17(10-12-19)13-14-25-23-21-24(28-22(27-23)20-8-5-15-31-20)29(16-26-21)18-6-3-2-4-7-18/h2-12,15-16H,13-14H2,1H3,(H,25,27,28). The first-order valence-corrected chi connectivity index (χ1v) is 10.9. The van der Waals surface area contributed by atoms with Gasteiger partial charge in [-0.15, -0.1) is 11.3 Å². The molecule has 0 bridgehead atoms. The van der Waals surface area contributed by atoms with Crippen LogP contribution in [0.25, 0.3) is 27.6 Å². The van der Waals surface area contributed by atoms with Gasteiger partial charge in [-0.1, -0.05) is 36.4 Å². The van der Waals surface area contributed by atoms with Crippen molar-refractivity contribution in [1.29, 1.82) is 0 Å². The van der Waals surface area contributed by atoms with Crippen LogP contribution in [0.1, 0.15) is 5.56 Å². The molecule has 0 amide bonds. The van der Waals surface area contributed by atoms with Crippen molar-refractivity contribution < 1.29 is 4.74 Å². The van der Waals surface area contributed by atoms with Crippen LogP contribution in [0.4, 0.5) is 5.82 Å². The van der Waals surface area contributed by atoms with Gasteiger partial charge >= 0.3 is 0 Å². The second kappa shape index (κ2) is 8.57. The van der Waals surface area contributed by atoms with Crippen molar-refractivity contribution in [2.45, 2.75) is 6.42 Å². The van der Waals surface area contributed by atoms with Crippen molar-refractivity contribution in [3.8, 4) is 22.1 Å². The maximum Gasteiger partial charge on any atom is 0.174 e. The summed E-state index contributed by atoms with van der Waals surface area (Å²) in [5.41, 5.74) is 3.80. The van der Waals surface area contributed by atoms with Gasteiger partial charge in [0.2, 0.25) is 0 Å². The SMILES string of the molecule is COc1ccc(CCNc2nc(-c3cccs3)nc3c2ncn3-c2ccccc2)cc1. The van der Waals surface area contributed by atoms with Crippen molar-refractivity contribution in [2.75, 3.05) is 19.0 Å². The fourth-order valence-corrected chi connectivity index (χ4v) is 4.09. The van der Waals surface area contributed by atoms with E-state index in [0.29, 0.717) is 5.82 Å². The second-order valence-electron chi connectivity index (χ2n) is 7.02. The molecule has 0 fully saturated rings. The van der Waals surface area contributed by atoms with Crippen molar-refractivity contribution >= 4 is 28.3 Å². The average Bonchev–Trinajstić information content (AvgIpc) is 3.50. The molecule has 31 heavy (non-hydrogen) atoms. The molecule has 0 atom stereocenters. The smallest absolute Gasteiger partial charge is 0.174 e. The lowest BCUT2D eigenvalue weighted by molar-refractivity contribution is 0.414. The lowest BCUT2D eigenvalue weighted by atomic mass is 10.1. The number of ether oxygens (including phenoxy) is 1. The monoisotopic (exact) mass is 427 g/mol. The maximum atomic E-state index is 5.24. The number of aromatic nitrogens is 4. The number of nitrogens with one attached hydrogen (secondary N) is 1. The minimum atomic E-state index is 0.701. The Morgan fingerprint density at radius 2 is 1.81 bits per heavy atom. The number of fused-ring (bicyclic) bond motifs is 1. The minimum Gasteiger partial charge on any atom is -0.497 e. The summed E-state index contributed by atoms with van der Waals surface area (Å²) < 4.78 is 7.24. The summed E-state index contributed by atoms with van der Waals surface area (Å²) in [6, 6.07) is 22.3. The maximum absolute atomic E-state index is 5.24. The number of imidazole rings is 1. The topological polar surface area (TPSA) is 64.9 Å². The highest BCUT2D eigenvalue weighted by Gasteiger charge is 2.15. The highest BCUT2D eigenvalue weighted by Crippen LogP contribution is 2.28. The summed E-state index contributed by atoms with van der Waals surface area (Å²) in [5.74, 6) is 2.31. The number of para-hydroxylation sites is 1. The molecular formula is C24H21N5OS. The van der Waals surface area contributed by atoms with E-state index in [1.807, 2.05) is 70.9 Å². The Labute approximate surface area is 184 Å². The van der Waals surface area contributed by atoms with Crippen molar-refractivity contribution in [2.24, 2.45) is 0 Å². The molecule has 0 aliphatic carbocycles. The molecule has 3 heterocycles. The van der Waals surface area contributed by atoms with Crippen molar-refractivity contribution in [3.05, 3.63) is 84.0 Å². The molecule has 7 heteroatoms. The normalized spacial score (nSPS) is 11.0. The predicted octanol–water partition coefficient (Wildman–Crippen LogP) is 5.21. The van der Waals surface area contributed by atoms with E-state index in [4.69, 9.17) is 14.7 Å². The van der Waals surface area contributed by atoms with Crippen LogP contribution in [-0.2, 0) is 6.42 Å². The number of benzene rings is 2. The Hall–Kier alpha value is -3.71. The third-order valence-electron chi connectivity index (χ3n) is 5.04. The summed E-state index contributed by atoms with van der Waals surface area (Å²) in [4.78, 5) is 15.3. The van der Waals surface area contributed by atoms with E-state index in [-0.39, 0.29) is 0 Å². The Morgan fingerprint density at radius 3 is 2.55 bits per heavy atom. The summed E-state index contributed by atoms with van der Waals surface area (Å²) in [5, 5.41) is 5.51. The zero-order chi connectivity index (χ0) is 21.0. The molecule has 0 aliphatic heterocycles. The number of anilines is 1. The number of thiophene rings is 1. The van der Waals surface area contributed by atoms with Gasteiger partial charge in [-0.3, -0.25) is 4.57 Å². The largest absolute Gasteiger partial charge is 0.497 e. The molecule has 154 valence electrons. The number of nitrogens with zero attached hydrogens (tertiary/aromatic N) is 4. The van der Waals surface area contributed by atoms with Crippen LogP contribution in [-0.4, -0.2) is 33.2 Å². The Balaban J connectivity index is 1.48. The number of hydrogen-bond acceptors (Lipinski definition) is 6. The van der Waals surface area contributed by atoms with Crippen LogP contribution in [0.15, 0.2) is 78.4 Å². The first kappa shape index (κ1) is 19.3. The molecule has 0 unspecified atom stereocenters. The lowest BCUT2D eigenvalue weighted by Crippen LogP contribution is -2.08.